The molecule has 0 amide bonds. The lowest BCUT2D eigenvalue weighted by Crippen LogP contribution is -2.46. The Kier molecular flexibility index (Phi) is 4.36. The summed E-state index contributed by atoms with van der Waals surface area (Å²) in [7, 11) is 1.70. The van der Waals surface area contributed by atoms with E-state index in [4.69, 9.17) is 14.7 Å². The van der Waals surface area contributed by atoms with Crippen LogP contribution in [0.3, 0.4) is 0 Å². The molecule has 3 heterocycles. The van der Waals surface area contributed by atoms with Gasteiger partial charge in [-0.2, -0.15) is 0 Å². The van der Waals surface area contributed by atoms with Gasteiger partial charge >= 0.3 is 0 Å². The molecule has 0 atom stereocenters. The number of nitrogens with zero attached hydrogens (tertiary/aromatic N) is 4. The maximum atomic E-state index is 5.46. The fourth-order valence-electron chi connectivity index (χ4n) is 3.79. The molecule has 1 saturated heterocycles. The number of ether oxygens (including phenoxy) is 1. The molecule has 1 aliphatic heterocycles. The summed E-state index contributed by atoms with van der Waals surface area (Å²) in [6, 6.07) is 10.6. The van der Waals surface area contributed by atoms with Crippen molar-refractivity contribution in [2.24, 2.45) is 0 Å². The number of hydrogen-bond donors (Lipinski definition) is 0. The van der Waals surface area contributed by atoms with Gasteiger partial charge in [-0.25, -0.2) is 9.97 Å². The van der Waals surface area contributed by atoms with Gasteiger partial charge in [0.1, 0.15) is 11.3 Å². The molecule has 5 rings (SSSR count). The van der Waals surface area contributed by atoms with Gasteiger partial charge in [-0.3, -0.25) is 0 Å². The molecule has 0 aliphatic carbocycles. The fourth-order valence-corrected chi connectivity index (χ4v) is 6.02. The van der Waals surface area contributed by atoms with E-state index in [0.29, 0.717) is 0 Å². The lowest BCUT2D eigenvalue weighted by molar-refractivity contribution is 0.419. The average molecular weight is 411 g/mol. The second kappa shape index (κ2) is 6.90. The van der Waals surface area contributed by atoms with Gasteiger partial charge in [0.05, 0.1) is 22.0 Å². The Balaban J connectivity index is 1.36. The van der Waals surface area contributed by atoms with Crippen LogP contribution in [-0.2, 0) is 0 Å². The number of hydrogen-bond acceptors (Lipinski definition) is 7. The molecule has 4 aromatic rings. The van der Waals surface area contributed by atoms with E-state index in [2.05, 4.69) is 41.8 Å². The second-order valence-corrected chi connectivity index (χ2v) is 9.22. The molecule has 0 radical (unpaired) electrons. The van der Waals surface area contributed by atoms with Gasteiger partial charge in [0, 0.05) is 26.2 Å². The van der Waals surface area contributed by atoms with Crippen molar-refractivity contribution < 1.29 is 4.74 Å². The van der Waals surface area contributed by atoms with Gasteiger partial charge in [0.15, 0.2) is 10.3 Å². The first-order valence-corrected chi connectivity index (χ1v) is 11.1. The van der Waals surface area contributed by atoms with Crippen molar-refractivity contribution >= 4 is 53.4 Å². The summed E-state index contributed by atoms with van der Waals surface area (Å²) in [6.07, 6.45) is 0. The first-order valence-electron chi connectivity index (χ1n) is 9.43. The number of rotatable bonds is 3. The van der Waals surface area contributed by atoms with Crippen LogP contribution in [0.5, 0.6) is 5.75 Å². The third kappa shape index (κ3) is 2.99. The zero-order valence-corrected chi connectivity index (χ0v) is 17.9. The predicted octanol–water partition coefficient (Wildman–Crippen LogP) is 4.86. The number of anilines is 2. The van der Waals surface area contributed by atoms with Crippen LogP contribution < -0.4 is 14.5 Å². The molecule has 0 saturated carbocycles. The molecule has 2 aromatic carbocycles. The van der Waals surface area contributed by atoms with Crippen LogP contribution in [0, 0.1) is 13.8 Å². The first kappa shape index (κ1) is 17.7. The van der Waals surface area contributed by atoms with Gasteiger partial charge in [0.25, 0.3) is 0 Å². The van der Waals surface area contributed by atoms with Crippen molar-refractivity contribution in [3.63, 3.8) is 0 Å². The minimum absolute atomic E-state index is 0.846. The Morgan fingerprint density at radius 3 is 2.18 bits per heavy atom. The summed E-state index contributed by atoms with van der Waals surface area (Å²) in [5.41, 5.74) is 4.67. The summed E-state index contributed by atoms with van der Waals surface area (Å²) in [6.45, 7) is 8.14. The number of aromatic nitrogens is 2. The van der Waals surface area contributed by atoms with E-state index in [1.54, 1.807) is 29.8 Å². The van der Waals surface area contributed by atoms with E-state index >= 15 is 0 Å². The number of para-hydroxylation sites is 1. The van der Waals surface area contributed by atoms with Gasteiger partial charge in [-0.05, 0) is 43.2 Å². The highest BCUT2D eigenvalue weighted by molar-refractivity contribution is 7.22. The molecular weight excluding hydrogens is 388 g/mol. The van der Waals surface area contributed by atoms with Crippen molar-refractivity contribution in [3.05, 3.63) is 41.5 Å². The summed E-state index contributed by atoms with van der Waals surface area (Å²) in [4.78, 5) is 14.6. The maximum Gasteiger partial charge on any atom is 0.186 e. The van der Waals surface area contributed by atoms with Crippen molar-refractivity contribution in [2.45, 2.75) is 13.8 Å². The highest BCUT2D eigenvalue weighted by atomic mass is 32.1. The van der Waals surface area contributed by atoms with Crippen LogP contribution in [0.15, 0.2) is 30.3 Å². The van der Waals surface area contributed by atoms with Crippen molar-refractivity contribution in [2.75, 3.05) is 43.1 Å². The molecule has 0 spiro atoms. The number of thiazole rings is 2. The van der Waals surface area contributed by atoms with E-state index in [1.807, 2.05) is 12.1 Å². The van der Waals surface area contributed by atoms with Gasteiger partial charge in [-0.15, -0.1) is 0 Å². The molecule has 2 aromatic heterocycles. The number of fused-ring (bicyclic) bond motifs is 2. The van der Waals surface area contributed by atoms with Gasteiger partial charge in [-0.1, -0.05) is 34.8 Å². The third-order valence-electron chi connectivity index (χ3n) is 5.23. The molecule has 1 aliphatic rings. The molecular formula is C21H22N4OS2. The zero-order chi connectivity index (χ0) is 19.3. The number of benzene rings is 2. The van der Waals surface area contributed by atoms with Crippen molar-refractivity contribution in [1.82, 2.24) is 9.97 Å². The molecule has 0 unspecified atom stereocenters. The van der Waals surface area contributed by atoms with Crippen LogP contribution in [0.4, 0.5) is 10.3 Å². The van der Waals surface area contributed by atoms with E-state index in [1.165, 1.54) is 20.5 Å². The molecule has 0 N–H and O–H groups in total. The SMILES string of the molecule is COc1cccc2sc(N3CCN(c4nc5c(C)cc(C)cc5s4)CC3)nc12. The van der Waals surface area contributed by atoms with Crippen molar-refractivity contribution in [3.8, 4) is 5.75 Å². The largest absolute Gasteiger partial charge is 0.494 e. The van der Waals surface area contributed by atoms with E-state index in [0.717, 1.165) is 53.2 Å². The molecule has 7 heteroatoms. The minimum Gasteiger partial charge on any atom is -0.494 e. The number of piperazine rings is 1. The number of methoxy groups -OCH3 is 1. The van der Waals surface area contributed by atoms with Gasteiger partial charge < -0.3 is 14.5 Å². The maximum absolute atomic E-state index is 5.46. The summed E-state index contributed by atoms with van der Waals surface area (Å²) in [5.74, 6) is 0.846. The number of aryl methyl sites for hydroxylation is 2. The predicted molar refractivity (Wildman–Crippen MR) is 120 cm³/mol. The highest BCUT2D eigenvalue weighted by Crippen LogP contribution is 2.36. The average Bonchev–Trinajstić information content (AvgIpc) is 3.32. The molecule has 28 heavy (non-hydrogen) atoms. The Hall–Kier alpha value is -2.38. The second-order valence-electron chi connectivity index (χ2n) is 7.20. The summed E-state index contributed by atoms with van der Waals surface area (Å²) in [5, 5.41) is 2.21. The van der Waals surface area contributed by atoms with Gasteiger partial charge in [0.2, 0.25) is 0 Å². The third-order valence-corrected chi connectivity index (χ3v) is 7.37. The Morgan fingerprint density at radius 1 is 0.857 bits per heavy atom. The quantitative estimate of drug-likeness (QED) is 0.483. The fraction of sp³-hybridized carbons (Fsp3) is 0.333. The normalized spacial score (nSPS) is 15.0. The Labute approximate surface area is 172 Å². The van der Waals surface area contributed by atoms with Crippen LogP contribution in [-0.4, -0.2) is 43.3 Å². The topological polar surface area (TPSA) is 41.5 Å². The van der Waals surface area contributed by atoms with Crippen LogP contribution >= 0.6 is 22.7 Å². The molecule has 0 bridgehead atoms. The summed E-state index contributed by atoms with van der Waals surface area (Å²) < 4.78 is 7.92. The molecule has 5 nitrogen and oxygen atoms in total. The molecule has 144 valence electrons. The lowest BCUT2D eigenvalue weighted by atomic mass is 10.1. The standard InChI is InChI=1S/C21H22N4OS2/c1-13-11-14(2)18-17(12-13)28-20(22-18)24-7-9-25(10-8-24)21-23-19-15(26-3)5-4-6-16(19)27-21/h4-6,11-12H,7-10H2,1-3H3. The zero-order valence-electron chi connectivity index (χ0n) is 16.2. The highest BCUT2D eigenvalue weighted by Gasteiger charge is 2.23. The Morgan fingerprint density at radius 2 is 1.50 bits per heavy atom. The smallest absolute Gasteiger partial charge is 0.186 e. The van der Waals surface area contributed by atoms with Crippen LogP contribution in [0.1, 0.15) is 11.1 Å². The van der Waals surface area contributed by atoms with Crippen LogP contribution in [0.25, 0.3) is 20.4 Å². The minimum atomic E-state index is 0.846. The van der Waals surface area contributed by atoms with E-state index in [9.17, 15) is 0 Å². The molecule has 1 fully saturated rings. The van der Waals surface area contributed by atoms with Crippen molar-refractivity contribution in [1.29, 1.82) is 0 Å². The van der Waals surface area contributed by atoms with E-state index < -0.39 is 0 Å². The lowest BCUT2D eigenvalue weighted by Gasteiger charge is -2.34. The first-order chi connectivity index (χ1) is 13.6. The van der Waals surface area contributed by atoms with E-state index in [-0.39, 0.29) is 0 Å². The summed E-state index contributed by atoms with van der Waals surface area (Å²) >= 11 is 3.55. The van der Waals surface area contributed by atoms with Crippen LogP contribution in [0.2, 0.25) is 0 Å². The monoisotopic (exact) mass is 410 g/mol. The Bertz CT molecular complexity index is 1160.